The fourth-order valence-electron chi connectivity index (χ4n) is 5.85. The van der Waals surface area contributed by atoms with Crippen molar-refractivity contribution in [2.24, 2.45) is 0 Å². The molecule has 0 amide bonds. The number of carbonyl (C=O) groups is 1. The Morgan fingerprint density at radius 3 is 2.79 bits per heavy atom. The molecule has 0 bridgehead atoms. The molecule has 0 saturated carbocycles. The highest BCUT2D eigenvalue weighted by molar-refractivity contribution is 5.89. The molecule has 0 aliphatic carbocycles. The average molecular weight is 526 g/mol. The van der Waals surface area contributed by atoms with Crippen molar-refractivity contribution in [2.45, 2.75) is 65.3 Å². The minimum absolute atomic E-state index is 0.00635. The van der Waals surface area contributed by atoms with Crippen LogP contribution in [0.5, 0.6) is 5.75 Å². The number of rotatable bonds is 7. The lowest BCUT2D eigenvalue weighted by Crippen LogP contribution is -2.53. The molecule has 5 heterocycles. The normalized spacial score (nSPS) is 17.5. The predicted molar refractivity (Wildman–Crippen MR) is 143 cm³/mol. The molecule has 6 rings (SSSR count). The summed E-state index contributed by atoms with van der Waals surface area (Å²) in [5.41, 5.74) is 3.50. The Balaban J connectivity index is 1.33. The van der Waals surface area contributed by atoms with E-state index in [9.17, 15) is 14.7 Å². The van der Waals surface area contributed by atoms with Gasteiger partial charge < -0.3 is 19.1 Å². The molecule has 8 heteroatoms. The van der Waals surface area contributed by atoms with E-state index in [1.54, 1.807) is 17.6 Å². The fourth-order valence-corrected chi connectivity index (χ4v) is 5.85. The minimum Gasteiger partial charge on any atom is -0.838 e. The van der Waals surface area contributed by atoms with Crippen LogP contribution in [0.2, 0.25) is 0 Å². The van der Waals surface area contributed by atoms with Crippen molar-refractivity contribution in [3.8, 4) is 17.1 Å². The number of cyclic esters (lactones) is 1. The third kappa shape index (κ3) is 4.10. The van der Waals surface area contributed by atoms with Crippen molar-refractivity contribution >= 4 is 16.9 Å². The van der Waals surface area contributed by atoms with Gasteiger partial charge in [-0.3, -0.25) is 9.59 Å². The van der Waals surface area contributed by atoms with Crippen LogP contribution in [-0.4, -0.2) is 22.1 Å². The first-order valence-corrected chi connectivity index (χ1v) is 13.5. The number of esters is 1. The van der Waals surface area contributed by atoms with Crippen LogP contribution in [0.1, 0.15) is 54.5 Å². The van der Waals surface area contributed by atoms with Crippen molar-refractivity contribution in [3.63, 3.8) is 0 Å². The SMILES string of the molecule is CCc1c2c(nc3ccc(OCCC[n+]4cccc(C)c4)cc13)-c1cc3c(c(=O)n1C2)COC(=O)[C@]3([O-])CC. The number of benzene rings is 1. The molecule has 0 radical (unpaired) electrons. The van der Waals surface area contributed by atoms with Gasteiger partial charge in [0, 0.05) is 34.6 Å². The summed E-state index contributed by atoms with van der Waals surface area (Å²) in [5.74, 6) is -0.0446. The van der Waals surface area contributed by atoms with Gasteiger partial charge in [-0.15, -0.1) is 0 Å². The number of nitrogens with zero attached hydrogens (tertiary/aromatic N) is 3. The van der Waals surface area contributed by atoms with E-state index >= 15 is 0 Å². The second-order valence-electron chi connectivity index (χ2n) is 10.3. The Morgan fingerprint density at radius 2 is 2.03 bits per heavy atom. The van der Waals surface area contributed by atoms with Crippen molar-refractivity contribution < 1.29 is 23.9 Å². The maximum absolute atomic E-state index is 13.5. The van der Waals surface area contributed by atoms with E-state index in [0.717, 1.165) is 47.2 Å². The van der Waals surface area contributed by atoms with Crippen molar-refractivity contribution in [1.82, 2.24) is 9.55 Å². The largest absolute Gasteiger partial charge is 0.838 e. The van der Waals surface area contributed by atoms with Crippen LogP contribution in [-0.2, 0) is 41.2 Å². The lowest BCUT2D eigenvalue weighted by atomic mass is 9.86. The van der Waals surface area contributed by atoms with Crippen molar-refractivity contribution in [2.75, 3.05) is 6.61 Å². The first kappa shape index (κ1) is 25.2. The van der Waals surface area contributed by atoms with Crippen LogP contribution >= 0.6 is 0 Å². The lowest BCUT2D eigenvalue weighted by Gasteiger charge is -2.41. The first-order chi connectivity index (χ1) is 18.8. The molecule has 3 aromatic heterocycles. The highest BCUT2D eigenvalue weighted by atomic mass is 16.6. The number of aryl methyl sites for hydroxylation is 3. The predicted octanol–water partition coefficient (Wildman–Crippen LogP) is 3.08. The van der Waals surface area contributed by atoms with Crippen molar-refractivity contribution in [1.29, 1.82) is 0 Å². The monoisotopic (exact) mass is 525 g/mol. The maximum atomic E-state index is 13.5. The molecule has 0 fully saturated rings. The quantitative estimate of drug-likeness (QED) is 0.184. The summed E-state index contributed by atoms with van der Waals surface area (Å²) >= 11 is 0. The number of aromatic nitrogens is 3. The van der Waals surface area contributed by atoms with E-state index in [0.29, 0.717) is 24.5 Å². The molecule has 39 heavy (non-hydrogen) atoms. The molecule has 0 saturated heterocycles. The molecule has 0 spiro atoms. The summed E-state index contributed by atoms with van der Waals surface area (Å²) in [5, 5.41) is 14.4. The molecular weight excluding hydrogens is 494 g/mol. The van der Waals surface area contributed by atoms with Gasteiger partial charge in [-0.25, -0.2) is 9.55 Å². The third-order valence-corrected chi connectivity index (χ3v) is 7.93. The van der Waals surface area contributed by atoms with Gasteiger partial charge in [0.05, 0.1) is 35.6 Å². The van der Waals surface area contributed by atoms with E-state index in [1.165, 1.54) is 5.56 Å². The van der Waals surface area contributed by atoms with Crippen molar-refractivity contribution in [3.05, 3.63) is 87.0 Å². The number of fused-ring (bicyclic) bond motifs is 5. The number of ether oxygens (including phenoxy) is 2. The summed E-state index contributed by atoms with van der Waals surface area (Å²) in [4.78, 5) is 30.8. The highest BCUT2D eigenvalue weighted by Crippen LogP contribution is 2.40. The number of hydrogen-bond acceptors (Lipinski definition) is 6. The van der Waals surface area contributed by atoms with Crippen LogP contribution in [0.15, 0.2) is 53.6 Å². The van der Waals surface area contributed by atoms with Crippen LogP contribution < -0.4 is 20.0 Å². The zero-order valence-electron chi connectivity index (χ0n) is 22.5. The molecule has 8 nitrogen and oxygen atoms in total. The third-order valence-electron chi connectivity index (χ3n) is 7.93. The minimum atomic E-state index is -2.08. The zero-order valence-corrected chi connectivity index (χ0v) is 22.5. The van der Waals surface area contributed by atoms with E-state index in [4.69, 9.17) is 14.5 Å². The smallest absolute Gasteiger partial charge is 0.300 e. The average Bonchev–Trinajstić information content (AvgIpc) is 3.30. The Bertz CT molecular complexity index is 1690. The maximum Gasteiger partial charge on any atom is 0.300 e. The molecule has 2 aliphatic rings. The first-order valence-electron chi connectivity index (χ1n) is 13.5. The molecular formula is C31H31N3O5. The number of carbonyl (C=O) groups excluding carboxylic acids is 1. The summed E-state index contributed by atoms with van der Waals surface area (Å²) in [6, 6.07) is 11.7. The Labute approximate surface area is 226 Å². The summed E-state index contributed by atoms with van der Waals surface area (Å²) in [6.07, 6.45) is 5.82. The summed E-state index contributed by atoms with van der Waals surface area (Å²) in [6.45, 7) is 7.47. The molecule has 0 unspecified atom stereocenters. The Morgan fingerprint density at radius 1 is 1.18 bits per heavy atom. The Hall–Kier alpha value is -4.04. The van der Waals surface area contributed by atoms with E-state index < -0.39 is 11.6 Å². The molecule has 200 valence electrons. The Kier molecular flexibility index (Phi) is 6.22. The van der Waals surface area contributed by atoms with Crippen LogP contribution in [0.25, 0.3) is 22.3 Å². The second kappa shape index (κ2) is 9.61. The summed E-state index contributed by atoms with van der Waals surface area (Å²) < 4.78 is 15.0. The van der Waals surface area contributed by atoms with Gasteiger partial charge in [0.2, 0.25) is 0 Å². The highest BCUT2D eigenvalue weighted by Gasteiger charge is 2.38. The van der Waals surface area contributed by atoms with Crippen LogP contribution in [0.3, 0.4) is 0 Å². The van der Waals surface area contributed by atoms with Gasteiger partial charge in [0.25, 0.3) is 11.5 Å². The van der Waals surface area contributed by atoms with E-state index in [1.807, 2.05) is 24.3 Å². The van der Waals surface area contributed by atoms with Gasteiger partial charge in [0.15, 0.2) is 18.9 Å². The number of pyridine rings is 3. The molecule has 2 aliphatic heterocycles. The molecule has 4 aromatic rings. The van der Waals surface area contributed by atoms with E-state index in [2.05, 4.69) is 36.9 Å². The van der Waals surface area contributed by atoms with Gasteiger partial charge in [-0.2, -0.15) is 0 Å². The standard InChI is InChI=1S/C31H31N3O5/c1-4-21-22-14-20(38-13-7-12-33-11-6-8-19(3)16-33)9-10-26(22)32-28-23(21)17-34-27(28)15-25-24(29(34)35)18-39-30(36)31(25,37)5-2/h6,8-11,14-16H,4-5,7,12-13,17-18H2,1-3H3/t31-/m0/s1. The topological polar surface area (TPSA) is 97.4 Å². The molecule has 0 N–H and O–H groups in total. The fraction of sp³-hybridized carbons (Fsp3) is 0.355. The van der Waals surface area contributed by atoms with Crippen LogP contribution in [0, 0.1) is 6.92 Å². The lowest BCUT2D eigenvalue weighted by molar-refractivity contribution is -0.697. The van der Waals surface area contributed by atoms with E-state index in [-0.39, 0.29) is 29.7 Å². The van der Waals surface area contributed by atoms with Gasteiger partial charge in [0.1, 0.15) is 12.4 Å². The van der Waals surface area contributed by atoms with Crippen LogP contribution in [0.4, 0.5) is 0 Å². The zero-order chi connectivity index (χ0) is 27.3. The summed E-state index contributed by atoms with van der Waals surface area (Å²) in [7, 11) is 0. The van der Waals surface area contributed by atoms with Gasteiger partial charge >= 0.3 is 0 Å². The molecule has 1 aromatic carbocycles. The van der Waals surface area contributed by atoms with Gasteiger partial charge in [-0.1, -0.05) is 20.3 Å². The number of hydrogen-bond donors (Lipinski definition) is 0. The second-order valence-corrected chi connectivity index (χ2v) is 10.3. The van der Waals surface area contributed by atoms with Gasteiger partial charge in [-0.05, 0) is 54.8 Å². The molecule has 1 atom stereocenters.